The molecule has 0 spiro atoms. The van der Waals surface area contributed by atoms with Gasteiger partial charge in [0.1, 0.15) is 17.5 Å². The standard InChI is InChI=1S/C11H8F4O2/c1-6(16)9(10(17)11(13,14)15)7-2-4-8(12)5-3-7/h2-5,9H,1H3. The topological polar surface area (TPSA) is 34.1 Å². The fourth-order valence-corrected chi connectivity index (χ4v) is 1.39. The van der Waals surface area contributed by atoms with Gasteiger partial charge in [0.2, 0.25) is 0 Å². The number of Topliss-reactive ketones (excluding diaryl/α,β-unsaturated/α-hetero) is 2. The van der Waals surface area contributed by atoms with E-state index in [1.54, 1.807) is 0 Å². The van der Waals surface area contributed by atoms with Crippen molar-refractivity contribution in [2.24, 2.45) is 0 Å². The van der Waals surface area contributed by atoms with Crippen LogP contribution >= 0.6 is 0 Å². The fraction of sp³-hybridized carbons (Fsp3) is 0.273. The van der Waals surface area contributed by atoms with Crippen molar-refractivity contribution in [2.75, 3.05) is 0 Å². The molecule has 0 amide bonds. The number of ketones is 2. The number of benzene rings is 1. The highest BCUT2D eigenvalue weighted by atomic mass is 19.4. The predicted octanol–water partition coefficient (Wildman–Crippen LogP) is 2.63. The van der Waals surface area contributed by atoms with Crippen LogP contribution in [0.5, 0.6) is 0 Å². The van der Waals surface area contributed by atoms with Gasteiger partial charge in [-0.25, -0.2) is 4.39 Å². The lowest BCUT2D eigenvalue weighted by atomic mass is 9.91. The molecule has 6 heteroatoms. The van der Waals surface area contributed by atoms with E-state index < -0.39 is 29.5 Å². The summed E-state index contributed by atoms with van der Waals surface area (Å²) in [5, 5.41) is 0. The van der Waals surface area contributed by atoms with Gasteiger partial charge in [0.15, 0.2) is 0 Å². The summed E-state index contributed by atoms with van der Waals surface area (Å²) >= 11 is 0. The Balaban J connectivity index is 3.15. The molecule has 1 atom stereocenters. The third-order valence-corrected chi connectivity index (χ3v) is 2.15. The van der Waals surface area contributed by atoms with E-state index in [1.807, 2.05) is 0 Å². The van der Waals surface area contributed by atoms with Crippen LogP contribution in [0.3, 0.4) is 0 Å². The Kier molecular flexibility index (Phi) is 3.65. The van der Waals surface area contributed by atoms with E-state index in [4.69, 9.17) is 0 Å². The van der Waals surface area contributed by atoms with E-state index in [0.29, 0.717) is 0 Å². The average Bonchev–Trinajstić information content (AvgIpc) is 2.19. The van der Waals surface area contributed by atoms with E-state index in [2.05, 4.69) is 0 Å². The summed E-state index contributed by atoms with van der Waals surface area (Å²) in [4.78, 5) is 22.2. The smallest absolute Gasteiger partial charge is 0.299 e. The van der Waals surface area contributed by atoms with Gasteiger partial charge in [0.05, 0.1) is 0 Å². The summed E-state index contributed by atoms with van der Waals surface area (Å²) in [6.07, 6.45) is -5.09. The fourth-order valence-electron chi connectivity index (χ4n) is 1.39. The van der Waals surface area contributed by atoms with Crippen LogP contribution in [0, 0.1) is 5.82 Å². The van der Waals surface area contributed by atoms with Crippen molar-refractivity contribution in [1.29, 1.82) is 0 Å². The minimum absolute atomic E-state index is 0.166. The van der Waals surface area contributed by atoms with Gasteiger partial charge in [-0.05, 0) is 24.6 Å². The van der Waals surface area contributed by atoms with Crippen LogP contribution in [0.1, 0.15) is 18.4 Å². The third-order valence-electron chi connectivity index (χ3n) is 2.15. The normalized spacial score (nSPS) is 13.2. The molecule has 0 aliphatic rings. The summed E-state index contributed by atoms with van der Waals surface area (Å²) in [6.45, 7) is 0.887. The summed E-state index contributed by atoms with van der Waals surface area (Å²) in [5.41, 5.74) is -0.166. The molecule has 1 aromatic rings. The number of hydrogen-bond donors (Lipinski definition) is 0. The first-order chi connectivity index (χ1) is 7.73. The van der Waals surface area contributed by atoms with Gasteiger partial charge < -0.3 is 0 Å². The molecule has 0 fully saturated rings. The van der Waals surface area contributed by atoms with Crippen LogP contribution in [0.4, 0.5) is 17.6 Å². The van der Waals surface area contributed by atoms with E-state index in [0.717, 1.165) is 31.2 Å². The Bertz CT molecular complexity index is 434. The van der Waals surface area contributed by atoms with Crippen LogP contribution in [0.2, 0.25) is 0 Å². The molecule has 1 unspecified atom stereocenters. The lowest BCUT2D eigenvalue weighted by molar-refractivity contribution is -0.173. The average molecular weight is 248 g/mol. The lowest BCUT2D eigenvalue weighted by Gasteiger charge is -2.14. The zero-order valence-corrected chi connectivity index (χ0v) is 8.72. The van der Waals surface area contributed by atoms with Gasteiger partial charge in [-0.2, -0.15) is 13.2 Å². The van der Waals surface area contributed by atoms with Crippen LogP contribution in [0.25, 0.3) is 0 Å². The first-order valence-corrected chi connectivity index (χ1v) is 4.60. The summed E-state index contributed by atoms with van der Waals surface area (Å²) in [6, 6.07) is 3.78. The van der Waals surface area contributed by atoms with E-state index in [9.17, 15) is 27.2 Å². The molecule has 0 saturated heterocycles. The van der Waals surface area contributed by atoms with Crippen molar-refractivity contribution in [3.05, 3.63) is 35.6 Å². The SMILES string of the molecule is CC(=O)C(C(=O)C(F)(F)F)c1ccc(F)cc1. The van der Waals surface area contributed by atoms with Gasteiger partial charge in [0.25, 0.3) is 5.78 Å². The number of hydrogen-bond acceptors (Lipinski definition) is 2. The van der Waals surface area contributed by atoms with E-state index >= 15 is 0 Å². The highest BCUT2D eigenvalue weighted by Crippen LogP contribution is 2.28. The van der Waals surface area contributed by atoms with Crippen molar-refractivity contribution in [1.82, 2.24) is 0 Å². The number of carbonyl (C=O) groups excluding carboxylic acids is 2. The molecule has 0 radical (unpaired) electrons. The van der Waals surface area contributed by atoms with Crippen molar-refractivity contribution >= 4 is 11.6 Å². The highest BCUT2D eigenvalue weighted by molar-refractivity contribution is 6.08. The maximum Gasteiger partial charge on any atom is 0.451 e. The highest BCUT2D eigenvalue weighted by Gasteiger charge is 2.45. The van der Waals surface area contributed by atoms with E-state index in [-0.39, 0.29) is 5.56 Å². The minimum atomic E-state index is -5.09. The molecule has 1 rings (SSSR count). The van der Waals surface area contributed by atoms with Crippen molar-refractivity contribution in [2.45, 2.75) is 19.0 Å². The quantitative estimate of drug-likeness (QED) is 0.608. The van der Waals surface area contributed by atoms with Crippen LogP contribution in [-0.4, -0.2) is 17.7 Å². The third kappa shape index (κ3) is 3.12. The molecule has 1 aromatic carbocycles. The zero-order valence-electron chi connectivity index (χ0n) is 8.72. The zero-order chi connectivity index (χ0) is 13.2. The maximum absolute atomic E-state index is 12.6. The van der Waals surface area contributed by atoms with Crippen molar-refractivity contribution in [3.63, 3.8) is 0 Å². The molecule has 17 heavy (non-hydrogen) atoms. The Hall–Kier alpha value is -1.72. The predicted molar refractivity (Wildman–Crippen MR) is 50.9 cm³/mol. The first-order valence-electron chi connectivity index (χ1n) is 4.60. The second-order valence-electron chi connectivity index (χ2n) is 3.46. The van der Waals surface area contributed by atoms with Gasteiger partial charge in [0, 0.05) is 0 Å². The number of halogens is 4. The Morgan fingerprint density at radius 1 is 1.12 bits per heavy atom. The Morgan fingerprint density at radius 2 is 1.59 bits per heavy atom. The summed E-state index contributed by atoms with van der Waals surface area (Å²) in [7, 11) is 0. The van der Waals surface area contributed by atoms with Crippen molar-refractivity contribution in [3.8, 4) is 0 Å². The Morgan fingerprint density at radius 3 is 1.94 bits per heavy atom. The summed E-state index contributed by atoms with van der Waals surface area (Å²) in [5.74, 6) is -5.65. The molecule has 0 bridgehead atoms. The molecular formula is C11H8F4O2. The number of rotatable bonds is 3. The lowest BCUT2D eigenvalue weighted by Crippen LogP contribution is -2.32. The van der Waals surface area contributed by atoms with Crippen LogP contribution in [0.15, 0.2) is 24.3 Å². The largest absolute Gasteiger partial charge is 0.451 e. The molecule has 0 heterocycles. The minimum Gasteiger partial charge on any atom is -0.299 e. The first kappa shape index (κ1) is 13.3. The summed E-state index contributed by atoms with van der Waals surface area (Å²) < 4.78 is 49.3. The Labute approximate surface area is 94.2 Å². The molecule has 0 aliphatic heterocycles. The monoisotopic (exact) mass is 248 g/mol. The van der Waals surface area contributed by atoms with Gasteiger partial charge in [-0.1, -0.05) is 12.1 Å². The van der Waals surface area contributed by atoms with Crippen LogP contribution in [-0.2, 0) is 9.59 Å². The van der Waals surface area contributed by atoms with E-state index in [1.165, 1.54) is 0 Å². The molecular weight excluding hydrogens is 240 g/mol. The molecule has 0 N–H and O–H groups in total. The molecule has 0 aliphatic carbocycles. The van der Waals surface area contributed by atoms with Gasteiger partial charge in [-0.3, -0.25) is 9.59 Å². The molecule has 0 saturated carbocycles. The molecule has 0 aromatic heterocycles. The maximum atomic E-state index is 12.6. The second-order valence-corrected chi connectivity index (χ2v) is 3.46. The molecule has 2 nitrogen and oxygen atoms in total. The number of alkyl halides is 3. The van der Waals surface area contributed by atoms with Gasteiger partial charge in [-0.15, -0.1) is 0 Å². The molecule has 92 valence electrons. The number of carbonyl (C=O) groups is 2. The van der Waals surface area contributed by atoms with Crippen molar-refractivity contribution < 1.29 is 27.2 Å². The second kappa shape index (κ2) is 4.65. The van der Waals surface area contributed by atoms with Crippen LogP contribution < -0.4 is 0 Å². The van der Waals surface area contributed by atoms with Gasteiger partial charge >= 0.3 is 6.18 Å².